The fourth-order valence-corrected chi connectivity index (χ4v) is 5.30. The molecule has 1 aromatic rings. The lowest BCUT2D eigenvalue weighted by atomic mass is 10.2. The van der Waals surface area contributed by atoms with Crippen molar-refractivity contribution in [2.24, 2.45) is 0 Å². The Kier molecular flexibility index (Phi) is 6.15. The zero-order valence-corrected chi connectivity index (χ0v) is 14.7. The van der Waals surface area contributed by atoms with Crippen molar-refractivity contribution in [2.75, 3.05) is 14.2 Å². The van der Waals surface area contributed by atoms with E-state index in [1.165, 1.54) is 14.2 Å². The summed E-state index contributed by atoms with van der Waals surface area (Å²) in [7, 11) is -1.93. The van der Waals surface area contributed by atoms with E-state index in [-0.39, 0.29) is 0 Å². The maximum Gasteiger partial charge on any atom is 0.360 e. The normalized spacial score (nSPS) is 13.9. The second-order valence-corrected chi connectivity index (χ2v) is 12.8. The van der Waals surface area contributed by atoms with Crippen molar-refractivity contribution in [1.29, 1.82) is 0 Å². The van der Waals surface area contributed by atoms with Gasteiger partial charge in [0, 0.05) is 14.2 Å². The summed E-state index contributed by atoms with van der Waals surface area (Å²) in [6, 6.07) is 9.88. The van der Waals surface area contributed by atoms with Crippen molar-refractivity contribution in [3.8, 4) is 0 Å². The van der Waals surface area contributed by atoms with Crippen molar-refractivity contribution < 1.29 is 13.6 Å². The Morgan fingerprint density at radius 1 is 1.10 bits per heavy atom. The molecular weight excluding hydrogens is 287 g/mol. The van der Waals surface area contributed by atoms with Crippen molar-refractivity contribution in [2.45, 2.75) is 19.6 Å². The van der Waals surface area contributed by atoms with E-state index in [0.717, 1.165) is 5.56 Å². The molecule has 20 heavy (non-hydrogen) atoms. The zero-order chi connectivity index (χ0) is 15.2. The van der Waals surface area contributed by atoms with Crippen LogP contribution in [-0.4, -0.2) is 22.3 Å². The van der Waals surface area contributed by atoms with E-state index in [0.29, 0.717) is 5.31 Å². The van der Waals surface area contributed by atoms with Crippen molar-refractivity contribution >= 4 is 21.7 Å². The van der Waals surface area contributed by atoms with Crippen LogP contribution in [0.5, 0.6) is 0 Å². The molecule has 0 fully saturated rings. The van der Waals surface area contributed by atoms with Gasteiger partial charge in [0.05, 0.1) is 13.4 Å². The van der Waals surface area contributed by atoms with E-state index in [1.54, 1.807) is 0 Å². The van der Waals surface area contributed by atoms with Crippen LogP contribution in [0.1, 0.15) is 5.56 Å². The monoisotopic (exact) mass is 310 g/mol. The molecule has 0 bridgehead atoms. The van der Waals surface area contributed by atoms with Crippen LogP contribution < -0.4 is 0 Å². The van der Waals surface area contributed by atoms with E-state index in [4.69, 9.17) is 9.05 Å². The summed E-state index contributed by atoms with van der Waals surface area (Å²) in [6.45, 7) is 6.54. The minimum Gasteiger partial charge on any atom is -0.309 e. The zero-order valence-electron chi connectivity index (χ0n) is 12.8. The molecule has 3 nitrogen and oxygen atoms in total. The molecule has 5 heteroatoms. The van der Waals surface area contributed by atoms with Gasteiger partial charge in [0.1, 0.15) is 0 Å². The Morgan fingerprint density at radius 2 is 1.65 bits per heavy atom. The standard InChI is InChI=1S/C15H23O3PSi/c1-17-19(16,18-2)15(13-20(3,4)5)12-11-14-9-7-6-8-10-14/h6-13H,1-5H3/b12-11+,15-13-. The fraction of sp³-hybridized carbons (Fsp3) is 0.333. The van der Waals surface area contributed by atoms with Gasteiger partial charge in [0.25, 0.3) is 0 Å². The Morgan fingerprint density at radius 3 is 2.10 bits per heavy atom. The van der Waals surface area contributed by atoms with Crippen LogP contribution in [0, 0.1) is 0 Å². The minimum atomic E-state index is -3.22. The minimum absolute atomic E-state index is 0.630. The van der Waals surface area contributed by atoms with E-state index in [1.807, 2.05) is 42.5 Å². The van der Waals surface area contributed by atoms with Gasteiger partial charge in [-0.1, -0.05) is 61.7 Å². The predicted octanol–water partition coefficient (Wildman–Crippen LogP) is 4.95. The topological polar surface area (TPSA) is 35.5 Å². The summed E-state index contributed by atoms with van der Waals surface area (Å²) >= 11 is 0. The molecule has 0 aromatic heterocycles. The number of benzene rings is 1. The highest BCUT2D eigenvalue weighted by Gasteiger charge is 2.27. The van der Waals surface area contributed by atoms with Crippen LogP contribution in [0.25, 0.3) is 6.08 Å². The van der Waals surface area contributed by atoms with E-state index in [9.17, 15) is 4.57 Å². The molecule has 0 spiro atoms. The first-order valence-corrected chi connectivity index (χ1v) is 11.6. The van der Waals surface area contributed by atoms with Gasteiger partial charge in [-0.3, -0.25) is 4.57 Å². The first-order chi connectivity index (χ1) is 9.30. The van der Waals surface area contributed by atoms with Crippen LogP contribution in [-0.2, 0) is 13.6 Å². The highest BCUT2D eigenvalue weighted by Crippen LogP contribution is 2.55. The molecule has 0 aliphatic heterocycles. The molecular formula is C15H23O3PSi. The predicted molar refractivity (Wildman–Crippen MR) is 88.5 cm³/mol. The Labute approximate surface area is 122 Å². The molecule has 1 rings (SSSR count). The van der Waals surface area contributed by atoms with Gasteiger partial charge < -0.3 is 9.05 Å². The largest absolute Gasteiger partial charge is 0.360 e. The number of hydrogen-bond donors (Lipinski definition) is 0. The van der Waals surface area contributed by atoms with E-state index < -0.39 is 15.7 Å². The van der Waals surface area contributed by atoms with Gasteiger partial charge in [-0.2, -0.15) is 0 Å². The lowest BCUT2D eigenvalue weighted by Gasteiger charge is -2.18. The third-order valence-electron chi connectivity index (χ3n) is 2.62. The van der Waals surface area contributed by atoms with Crippen LogP contribution >= 0.6 is 7.60 Å². The molecule has 1 aromatic carbocycles. The van der Waals surface area contributed by atoms with Crippen LogP contribution in [0.4, 0.5) is 0 Å². The second kappa shape index (κ2) is 7.18. The molecule has 0 unspecified atom stereocenters. The van der Waals surface area contributed by atoms with Crippen molar-refractivity contribution in [3.05, 3.63) is 53.0 Å². The highest BCUT2D eigenvalue weighted by molar-refractivity contribution is 7.58. The third-order valence-corrected chi connectivity index (χ3v) is 5.92. The molecule has 0 saturated carbocycles. The van der Waals surface area contributed by atoms with E-state index in [2.05, 4.69) is 25.3 Å². The lowest BCUT2D eigenvalue weighted by molar-refractivity contribution is 0.284. The van der Waals surface area contributed by atoms with Gasteiger partial charge in [-0.15, -0.1) is 0 Å². The second-order valence-electron chi connectivity index (χ2n) is 5.54. The Balaban J connectivity index is 3.17. The maximum atomic E-state index is 12.6. The number of hydrogen-bond acceptors (Lipinski definition) is 3. The van der Waals surface area contributed by atoms with Crippen LogP contribution in [0.2, 0.25) is 19.6 Å². The number of rotatable bonds is 6. The average Bonchev–Trinajstić information content (AvgIpc) is 2.42. The SMILES string of the molecule is COP(=O)(OC)C(=C\[Si](C)(C)C)/C=C/c1ccccc1. The fourth-order valence-electron chi connectivity index (χ4n) is 1.69. The third kappa shape index (κ3) is 5.21. The van der Waals surface area contributed by atoms with Gasteiger partial charge >= 0.3 is 7.60 Å². The molecule has 0 N–H and O–H groups in total. The molecule has 0 heterocycles. The van der Waals surface area contributed by atoms with Gasteiger partial charge in [-0.05, 0) is 11.6 Å². The summed E-state index contributed by atoms with van der Waals surface area (Å²) in [4.78, 5) is 0. The van der Waals surface area contributed by atoms with Gasteiger partial charge in [0.2, 0.25) is 0 Å². The molecule has 0 radical (unpaired) electrons. The summed E-state index contributed by atoms with van der Waals surface area (Å²) in [5, 5.41) is 0.630. The van der Waals surface area contributed by atoms with Crippen molar-refractivity contribution in [1.82, 2.24) is 0 Å². The molecule has 110 valence electrons. The van der Waals surface area contributed by atoms with Gasteiger partial charge in [-0.25, -0.2) is 0 Å². The summed E-state index contributed by atoms with van der Waals surface area (Å²) < 4.78 is 22.8. The lowest BCUT2D eigenvalue weighted by Crippen LogP contribution is -2.17. The molecule has 0 aliphatic carbocycles. The average molecular weight is 310 g/mol. The van der Waals surface area contributed by atoms with Crippen LogP contribution in [0.15, 0.2) is 47.4 Å². The summed E-state index contributed by atoms with van der Waals surface area (Å²) in [5.74, 6) is 0. The van der Waals surface area contributed by atoms with Crippen molar-refractivity contribution in [3.63, 3.8) is 0 Å². The summed E-state index contributed by atoms with van der Waals surface area (Å²) in [5.41, 5.74) is 3.10. The Bertz CT molecular complexity index is 522. The molecule has 0 amide bonds. The molecule has 0 aliphatic rings. The molecule has 0 atom stereocenters. The van der Waals surface area contributed by atoms with Gasteiger partial charge in [0.15, 0.2) is 0 Å². The molecule has 0 saturated heterocycles. The quantitative estimate of drug-likeness (QED) is 0.424. The Hall–Kier alpha value is -0.933. The first-order valence-electron chi connectivity index (χ1n) is 6.49. The van der Waals surface area contributed by atoms with E-state index >= 15 is 0 Å². The summed E-state index contributed by atoms with van der Waals surface area (Å²) in [6.07, 6.45) is 3.76. The highest BCUT2D eigenvalue weighted by atomic mass is 31.2. The number of allylic oxidation sites excluding steroid dienone is 2. The maximum absolute atomic E-state index is 12.6. The smallest absolute Gasteiger partial charge is 0.309 e. The first kappa shape index (κ1) is 17.1. The van der Waals surface area contributed by atoms with Crippen LogP contribution in [0.3, 0.4) is 0 Å².